The van der Waals surface area contributed by atoms with Gasteiger partial charge in [-0.1, -0.05) is 78.9 Å². The van der Waals surface area contributed by atoms with E-state index in [0.29, 0.717) is 22.4 Å². The van der Waals surface area contributed by atoms with Crippen LogP contribution in [0, 0.1) is 0 Å². The molecule has 1 fully saturated rings. The van der Waals surface area contributed by atoms with E-state index in [9.17, 15) is 14.7 Å². The van der Waals surface area contributed by atoms with Crippen LogP contribution in [0.5, 0.6) is 5.75 Å². The van der Waals surface area contributed by atoms with E-state index in [1.807, 2.05) is 54.6 Å². The molecular formula is C36H36O9. The molecule has 0 aromatic heterocycles. The predicted octanol–water partition coefficient (Wildman–Crippen LogP) is 5.49. The summed E-state index contributed by atoms with van der Waals surface area (Å²) in [5.74, 6) is -0.424. The fourth-order valence-electron chi connectivity index (χ4n) is 4.93. The Labute approximate surface area is 262 Å². The summed E-state index contributed by atoms with van der Waals surface area (Å²) in [5.41, 5.74) is 2.91. The average Bonchev–Trinajstić information content (AvgIpc) is 3.09. The Morgan fingerprint density at radius 1 is 0.711 bits per heavy atom. The van der Waals surface area contributed by atoms with Crippen LogP contribution >= 0.6 is 0 Å². The van der Waals surface area contributed by atoms with Crippen molar-refractivity contribution < 1.29 is 43.1 Å². The zero-order valence-corrected chi connectivity index (χ0v) is 25.1. The van der Waals surface area contributed by atoms with E-state index >= 15 is 0 Å². The fraction of sp³-hybridized carbons (Fsp3) is 0.278. The summed E-state index contributed by atoms with van der Waals surface area (Å²) < 4.78 is 35.1. The molecule has 234 valence electrons. The SMILES string of the molecule is COc1ccc(CO[C@@H]2[C@@H](O)[C@H](C)O[C@@H](OCc3ccccc3C(=O)OCc3ccccc3)[C@@H]2OC(=O)c2ccccc2)cc1. The Morgan fingerprint density at radius 3 is 2.07 bits per heavy atom. The van der Waals surface area contributed by atoms with Crippen molar-refractivity contribution in [3.05, 3.63) is 137 Å². The van der Waals surface area contributed by atoms with Crippen molar-refractivity contribution in [3.63, 3.8) is 0 Å². The second kappa shape index (κ2) is 15.5. The molecule has 1 N–H and O–H groups in total. The summed E-state index contributed by atoms with van der Waals surface area (Å²) in [6, 6.07) is 32.2. The number of methoxy groups -OCH3 is 1. The van der Waals surface area contributed by atoms with Crippen LogP contribution in [0.2, 0.25) is 0 Å². The zero-order valence-electron chi connectivity index (χ0n) is 25.1. The highest BCUT2D eigenvalue weighted by Gasteiger charge is 2.47. The Kier molecular flexibility index (Phi) is 10.9. The van der Waals surface area contributed by atoms with E-state index in [0.717, 1.165) is 11.1 Å². The third-order valence-electron chi connectivity index (χ3n) is 7.47. The second-order valence-electron chi connectivity index (χ2n) is 10.6. The first kappa shape index (κ1) is 31.9. The molecule has 1 heterocycles. The van der Waals surface area contributed by atoms with Gasteiger partial charge in [0.05, 0.1) is 37.6 Å². The van der Waals surface area contributed by atoms with Crippen molar-refractivity contribution >= 4 is 11.9 Å². The predicted molar refractivity (Wildman–Crippen MR) is 164 cm³/mol. The van der Waals surface area contributed by atoms with Crippen LogP contribution < -0.4 is 4.74 Å². The minimum Gasteiger partial charge on any atom is -0.497 e. The topological polar surface area (TPSA) is 110 Å². The van der Waals surface area contributed by atoms with Crippen LogP contribution in [-0.4, -0.2) is 54.9 Å². The first-order valence-electron chi connectivity index (χ1n) is 14.7. The maximum atomic E-state index is 13.2. The summed E-state index contributed by atoms with van der Waals surface area (Å²) in [7, 11) is 1.59. The molecule has 5 rings (SSSR count). The van der Waals surface area contributed by atoms with E-state index in [2.05, 4.69) is 0 Å². The first-order valence-corrected chi connectivity index (χ1v) is 14.7. The first-order chi connectivity index (χ1) is 21.9. The maximum Gasteiger partial charge on any atom is 0.338 e. The molecule has 1 saturated heterocycles. The van der Waals surface area contributed by atoms with Gasteiger partial charge in [-0.3, -0.25) is 0 Å². The molecule has 4 aromatic carbocycles. The minimum atomic E-state index is -1.14. The Bertz CT molecular complexity index is 1530. The molecule has 0 unspecified atom stereocenters. The number of esters is 2. The highest BCUT2D eigenvalue weighted by molar-refractivity contribution is 5.91. The van der Waals surface area contributed by atoms with Gasteiger partial charge >= 0.3 is 11.9 Å². The van der Waals surface area contributed by atoms with E-state index in [1.54, 1.807) is 68.6 Å². The largest absolute Gasteiger partial charge is 0.497 e. The van der Waals surface area contributed by atoms with Gasteiger partial charge in [-0.25, -0.2) is 9.59 Å². The lowest BCUT2D eigenvalue weighted by atomic mass is 9.99. The summed E-state index contributed by atoms with van der Waals surface area (Å²) in [6.07, 6.45) is -5.09. The normalized spacial score (nSPS) is 21.1. The fourth-order valence-corrected chi connectivity index (χ4v) is 4.93. The average molecular weight is 613 g/mol. The van der Waals surface area contributed by atoms with Gasteiger partial charge in [-0.05, 0) is 53.9 Å². The molecule has 0 saturated carbocycles. The molecule has 4 aromatic rings. The van der Waals surface area contributed by atoms with Crippen molar-refractivity contribution in [2.75, 3.05) is 7.11 Å². The van der Waals surface area contributed by atoms with E-state index in [-0.39, 0.29) is 19.8 Å². The van der Waals surface area contributed by atoms with Crippen molar-refractivity contribution in [2.45, 2.75) is 57.5 Å². The summed E-state index contributed by atoms with van der Waals surface area (Å²) >= 11 is 0. The zero-order chi connectivity index (χ0) is 31.6. The van der Waals surface area contributed by atoms with Gasteiger partial charge in [0.2, 0.25) is 0 Å². The number of hydrogen-bond acceptors (Lipinski definition) is 9. The number of rotatable bonds is 12. The number of carbonyl (C=O) groups excluding carboxylic acids is 2. The maximum absolute atomic E-state index is 13.2. The van der Waals surface area contributed by atoms with Gasteiger partial charge in [0, 0.05) is 0 Å². The van der Waals surface area contributed by atoms with Crippen LogP contribution in [0.15, 0.2) is 109 Å². The Morgan fingerprint density at radius 2 is 1.36 bits per heavy atom. The lowest BCUT2D eigenvalue weighted by Crippen LogP contribution is -2.59. The van der Waals surface area contributed by atoms with Gasteiger partial charge in [-0.15, -0.1) is 0 Å². The number of benzene rings is 4. The summed E-state index contributed by atoms with van der Waals surface area (Å²) in [6.45, 7) is 1.88. The third kappa shape index (κ3) is 8.34. The number of carbonyl (C=O) groups is 2. The third-order valence-corrected chi connectivity index (χ3v) is 7.47. The number of aliphatic hydroxyl groups is 1. The van der Waals surface area contributed by atoms with Crippen LogP contribution in [0.25, 0.3) is 0 Å². The summed E-state index contributed by atoms with van der Waals surface area (Å²) in [4.78, 5) is 26.2. The lowest BCUT2D eigenvalue weighted by molar-refractivity contribution is -0.303. The van der Waals surface area contributed by atoms with Crippen molar-refractivity contribution in [1.29, 1.82) is 0 Å². The van der Waals surface area contributed by atoms with Crippen LogP contribution in [0.3, 0.4) is 0 Å². The van der Waals surface area contributed by atoms with Gasteiger partial charge in [-0.2, -0.15) is 0 Å². The van der Waals surface area contributed by atoms with Crippen molar-refractivity contribution in [2.24, 2.45) is 0 Å². The molecule has 1 aliphatic heterocycles. The van der Waals surface area contributed by atoms with E-state index < -0.39 is 42.6 Å². The monoisotopic (exact) mass is 612 g/mol. The minimum absolute atomic E-state index is 0.0608. The highest BCUT2D eigenvalue weighted by atomic mass is 16.7. The van der Waals surface area contributed by atoms with Gasteiger partial charge in [0.1, 0.15) is 24.6 Å². The smallest absolute Gasteiger partial charge is 0.338 e. The molecule has 5 atom stereocenters. The van der Waals surface area contributed by atoms with Crippen molar-refractivity contribution in [3.8, 4) is 5.75 Å². The van der Waals surface area contributed by atoms with Gasteiger partial charge in [0.15, 0.2) is 12.4 Å². The molecular weight excluding hydrogens is 576 g/mol. The van der Waals surface area contributed by atoms with E-state index in [4.69, 9.17) is 28.4 Å². The number of hydrogen-bond donors (Lipinski definition) is 1. The second-order valence-corrected chi connectivity index (χ2v) is 10.6. The molecule has 0 spiro atoms. The summed E-state index contributed by atoms with van der Waals surface area (Å²) in [5, 5.41) is 11.1. The van der Waals surface area contributed by atoms with Crippen LogP contribution in [0.1, 0.15) is 44.3 Å². The number of ether oxygens (including phenoxy) is 6. The molecule has 0 aliphatic carbocycles. The molecule has 0 amide bonds. The Balaban J connectivity index is 1.34. The van der Waals surface area contributed by atoms with E-state index in [1.165, 1.54) is 0 Å². The molecule has 0 radical (unpaired) electrons. The van der Waals surface area contributed by atoms with Gasteiger partial charge < -0.3 is 33.5 Å². The number of aliphatic hydroxyl groups excluding tert-OH is 1. The van der Waals surface area contributed by atoms with Crippen molar-refractivity contribution in [1.82, 2.24) is 0 Å². The molecule has 9 heteroatoms. The molecule has 0 bridgehead atoms. The van der Waals surface area contributed by atoms with Crippen LogP contribution in [0.4, 0.5) is 0 Å². The molecule has 45 heavy (non-hydrogen) atoms. The standard InChI is InChI=1S/C36H36O9/c1-24-31(37)32(41-21-26-17-19-29(40-2)20-18-26)33(45-34(38)27-13-7-4-8-14-27)36(44-24)43-23-28-15-9-10-16-30(28)35(39)42-22-25-11-5-3-6-12-25/h3-20,24,31-33,36-37H,21-23H2,1-2H3/t24-,31-,32+,33+,36+/m0/s1. The lowest BCUT2D eigenvalue weighted by Gasteiger charge is -2.42. The highest BCUT2D eigenvalue weighted by Crippen LogP contribution is 2.29. The van der Waals surface area contributed by atoms with Crippen LogP contribution in [-0.2, 0) is 43.5 Å². The molecule has 9 nitrogen and oxygen atoms in total. The Hall–Kier alpha value is -4.54. The molecule has 1 aliphatic rings. The van der Waals surface area contributed by atoms with Gasteiger partial charge in [0.25, 0.3) is 0 Å². The quantitative estimate of drug-likeness (QED) is 0.208.